The molecule has 6 heteroatoms. The van der Waals surface area contributed by atoms with Gasteiger partial charge < -0.3 is 4.74 Å². The third-order valence-corrected chi connectivity index (χ3v) is 3.32. The van der Waals surface area contributed by atoms with Crippen molar-refractivity contribution in [3.05, 3.63) is 45.4 Å². The summed E-state index contributed by atoms with van der Waals surface area (Å²) in [4.78, 5) is 8.35. The zero-order valence-electron chi connectivity index (χ0n) is 10.2. The standard InChI is InChI=1S/C13H11Cl3N2O/c1-2-19-7-10-17-12(15)11(13(16)18-10)8-5-3-4-6-9(8)14/h3-6H,2,7H2,1H3. The summed E-state index contributed by atoms with van der Waals surface area (Å²) >= 11 is 18.5. The zero-order chi connectivity index (χ0) is 13.8. The number of benzene rings is 1. The Morgan fingerprint density at radius 1 is 1.05 bits per heavy atom. The minimum Gasteiger partial charge on any atom is -0.374 e. The monoisotopic (exact) mass is 316 g/mol. The van der Waals surface area contributed by atoms with Crippen LogP contribution in [0.2, 0.25) is 15.3 Å². The first-order valence-corrected chi connectivity index (χ1v) is 6.81. The smallest absolute Gasteiger partial charge is 0.157 e. The van der Waals surface area contributed by atoms with E-state index in [2.05, 4.69) is 9.97 Å². The number of rotatable bonds is 4. The summed E-state index contributed by atoms with van der Waals surface area (Å²) in [5.41, 5.74) is 1.25. The van der Waals surface area contributed by atoms with Crippen LogP contribution in [-0.2, 0) is 11.3 Å². The molecule has 100 valence electrons. The molecule has 0 fully saturated rings. The maximum atomic E-state index is 6.17. The summed E-state index contributed by atoms with van der Waals surface area (Å²) in [5, 5.41) is 1.08. The molecule has 19 heavy (non-hydrogen) atoms. The highest BCUT2D eigenvalue weighted by Gasteiger charge is 2.15. The van der Waals surface area contributed by atoms with E-state index >= 15 is 0 Å². The van der Waals surface area contributed by atoms with Gasteiger partial charge >= 0.3 is 0 Å². The molecule has 0 unspecified atom stereocenters. The molecule has 0 aliphatic rings. The molecule has 1 heterocycles. The van der Waals surface area contributed by atoms with Gasteiger partial charge in [0.25, 0.3) is 0 Å². The van der Waals surface area contributed by atoms with Crippen molar-refractivity contribution >= 4 is 34.8 Å². The van der Waals surface area contributed by atoms with Crippen LogP contribution in [0.1, 0.15) is 12.7 Å². The molecule has 3 nitrogen and oxygen atoms in total. The summed E-state index contributed by atoms with van der Waals surface area (Å²) in [7, 11) is 0. The predicted octanol–water partition coefficient (Wildman–Crippen LogP) is 4.64. The Labute approximate surface area is 126 Å². The van der Waals surface area contributed by atoms with E-state index in [-0.39, 0.29) is 16.9 Å². The Hall–Kier alpha value is -0.870. The highest BCUT2D eigenvalue weighted by molar-refractivity contribution is 6.40. The molecule has 1 aromatic carbocycles. The van der Waals surface area contributed by atoms with Gasteiger partial charge in [0.15, 0.2) is 5.82 Å². The Balaban J connectivity index is 2.45. The van der Waals surface area contributed by atoms with Crippen LogP contribution in [0.5, 0.6) is 0 Å². The zero-order valence-corrected chi connectivity index (χ0v) is 12.4. The van der Waals surface area contributed by atoms with E-state index in [1.165, 1.54) is 0 Å². The van der Waals surface area contributed by atoms with E-state index in [9.17, 15) is 0 Å². The second-order valence-electron chi connectivity index (χ2n) is 3.71. The lowest BCUT2D eigenvalue weighted by atomic mass is 10.1. The lowest BCUT2D eigenvalue weighted by Gasteiger charge is -2.09. The maximum absolute atomic E-state index is 6.17. The van der Waals surface area contributed by atoms with Gasteiger partial charge in [0.1, 0.15) is 16.9 Å². The Morgan fingerprint density at radius 3 is 2.26 bits per heavy atom. The van der Waals surface area contributed by atoms with Crippen LogP contribution < -0.4 is 0 Å². The molecule has 0 amide bonds. The highest BCUT2D eigenvalue weighted by Crippen LogP contribution is 2.36. The molecular formula is C13H11Cl3N2O. The first kappa shape index (κ1) is 14.5. The molecule has 0 aliphatic heterocycles. The average Bonchev–Trinajstić information content (AvgIpc) is 2.38. The van der Waals surface area contributed by atoms with E-state index in [0.717, 1.165) is 0 Å². The number of aromatic nitrogens is 2. The van der Waals surface area contributed by atoms with Crippen molar-refractivity contribution in [2.75, 3.05) is 6.61 Å². The van der Waals surface area contributed by atoms with Gasteiger partial charge in [-0.1, -0.05) is 53.0 Å². The van der Waals surface area contributed by atoms with E-state index in [4.69, 9.17) is 39.5 Å². The van der Waals surface area contributed by atoms with Gasteiger partial charge in [-0.05, 0) is 13.0 Å². The Bertz CT molecular complexity index is 567. The molecule has 2 aromatic rings. The average molecular weight is 318 g/mol. The molecular weight excluding hydrogens is 307 g/mol. The molecule has 0 N–H and O–H groups in total. The molecule has 0 saturated carbocycles. The van der Waals surface area contributed by atoms with Crippen LogP contribution in [0.4, 0.5) is 0 Å². The van der Waals surface area contributed by atoms with E-state index < -0.39 is 0 Å². The molecule has 0 bridgehead atoms. The first-order chi connectivity index (χ1) is 9.13. The van der Waals surface area contributed by atoms with E-state index in [1.54, 1.807) is 6.07 Å². The number of nitrogens with zero attached hydrogens (tertiary/aromatic N) is 2. The van der Waals surface area contributed by atoms with Crippen LogP contribution in [0, 0.1) is 0 Å². The van der Waals surface area contributed by atoms with Crippen molar-refractivity contribution in [3.8, 4) is 11.1 Å². The Morgan fingerprint density at radius 2 is 1.68 bits per heavy atom. The molecule has 2 rings (SSSR count). The lowest BCUT2D eigenvalue weighted by Crippen LogP contribution is -2.01. The summed E-state index contributed by atoms with van der Waals surface area (Å²) in [6.45, 7) is 2.74. The number of ether oxygens (including phenoxy) is 1. The van der Waals surface area contributed by atoms with Gasteiger partial charge in [0, 0.05) is 17.2 Å². The normalized spacial score (nSPS) is 10.7. The summed E-state index contributed by atoms with van der Waals surface area (Å²) in [5.74, 6) is 0.452. The fourth-order valence-corrected chi connectivity index (χ4v) is 2.45. The van der Waals surface area contributed by atoms with Crippen LogP contribution in [0.25, 0.3) is 11.1 Å². The molecule has 0 aliphatic carbocycles. The number of hydrogen-bond acceptors (Lipinski definition) is 3. The number of hydrogen-bond donors (Lipinski definition) is 0. The molecule has 0 spiro atoms. The van der Waals surface area contributed by atoms with Gasteiger partial charge in [0.2, 0.25) is 0 Å². The van der Waals surface area contributed by atoms with Gasteiger partial charge in [-0.15, -0.1) is 0 Å². The lowest BCUT2D eigenvalue weighted by molar-refractivity contribution is 0.128. The van der Waals surface area contributed by atoms with Gasteiger partial charge in [-0.3, -0.25) is 0 Å². The van der Waals surface area contributed by atoms with Crippen LogP contribution in [0.15, 0.2) is 24.3 Å². The van der Waals surface area contributed by atoms with Crippen LogP contribution >= 0.6 is 34.8 Å². The van der Waals surface area contributed by atoms with Crippen molar-refractivity contribution in [1.29, 1.82) is 0 Å². The SMILES string of the molecule is CCOCc1nc(Cl)c(-c2ccccc2Cl)c(Cl)n1. The van der Waals surface area contributed by atoms with Crippen molar-refractivity contribution in [2.24, 2.45) is 0 Å². The van der Waals surface area contributed by atoms with Gasteiger partial charge in [-0.25, -0.2) is 9.97 Å². The summed E-state index contributed by atoms with van der Waals surface area (Å²) < 4.78 is 5.23. The fraction of sp³-hybridized carbons (Fsp3) is 0.231. The predicted molar refractivity (Wildman–Crippen MR) is 77.8 cm³/mol. The van der Waals surface area contributed by atoms with Crippen molar-refractivity contribution < 1.29 is 4.74 Å². The molecule has 0 atom stereocenters. The highest BCUT2D eigenvalue weighted by atomic mass is 35.5. The second kappa shape index (κ2) is 6.53. The Kier molecular flexibility index (Phi) is 4.99. The van der Waals surface area contributed by atoms with Crippen LogP contribution in [-0.4, -0.2) is 16.6 Å². The molecule has 0 radical (unpaired) electrons. The van der Waals surface area contributed by atoms with Crippen LogP contribution in [0.3, 0.4) is 0 Å². The summed E-state index contributed by atoms with van der Waals surface area (Å²) in [6.07, 6.45) is 0. The van der Waals surface area contributed by atoms with E-state index in [1.807, 2.05) is 25.1 Å². The minimum atomic E-state index is 0.266. The quantitative estimate of drug-likeness (QED) is 0.771. The van der Waals surface area contributed by atoms with Crippen molar-refractivity contribution in [3.63, 3.8) is 0 Å². The van der Waals surface area contributed by atoms with Crippen molar-refractivity contribution in [1.82, 2.24) is 9.97 Å². The maximum Gasteiger partial charge on any atom is 0.157 e. The van der Waals surface area contributed by atoms with E-state index in [0.29, 0.717) is 28.6 Å². The molecule has 1 aromatic heterocycles. The third-order valence-electron chi connectivity index (χ3n) is 2.45. The second-order valence-corrected chi connectivity index (χ2v) is 4.84. The molecule has 0 saturated heterocycles. The minimum absolute atomic E-state index is 0.266. The first-order valence-electron chi connectivity index (χ1n) is 5.68. The topological polar surface area (TPSA) is 35.0 Å². The largest absolute Gasteiger partial charge is 0.374 e. The number of halogens is 3. The third kappa shape index (κ3) is 3.37. The van der Waals surface area contributed by atoms with Crippen molar-refractivity contribution in [2.45, 2.75) is 13.5 Å². The van der Waals surface area contributed by atoms with Gasteiger partial charge in [0.05, 0.1) is 5.56 Å². The van der Waals surface area contributed by atoms with Gasteiger partial charge in [-0.2, -0.15) is 0 Å². The fourth-order valence-electron chi connectivity index (χ4n) is 1.59. The summed E-state index contributed by atoms with van der Waals surface area (Å²) in [6, 6.07) is 7.26.